The molecule has 0 aliphatic carbocycles. The molecule has 0 aromatic heterocycles. The first kappa shape index (κ1) is 21.6. The predicted molar refractivity (Wildman–Crippen MR) is 126 cm³/mol. The van der Waals surface area contributed by atoms with Crippen molar-refractivity contribution < 1.29 is 14.7 Å². The fourth-order valence-electron chi connectivity index (χ4n) is 3.79. The Morgan fingerprint density at radius 1 is 0.906 bits per heavy atom. The molecule has 164 valence electrons. The minimum absolute atomic E-state index is 0.00921. The van der Waals surface area contributed by atoms with Crippen LogP contribution < -0.4 is 10.6 Å². The van der Waals surface area contributed by atoms with Crippen molar-refractivity contribution in [3.8, 4) is 16.9 Å². The molecule has 4 rings (SSSR count). The van der Waals surface area contributed by atoms with E-state index in [1.54, 1.807) is 24.3 Å². The zero-order valence-corrected chi connectivity index (χ0v) is 18.1. The summed E-state index contributed by atoms with van der Waals surface area (Å²) in [4.78, 5) is 27.3. The molecular weight excluding hydrogens is 402 g/mol. The molecule has 1 fully saturated rings. The van der Waals surface area contributed by atoms with Crippen LogP contribution in [0.15, 0.2) is 66.7 Å². The highest BCUT2D eigenvalue weighted by Crippen LogP contribution is 2.27. The van der Waals surface area contributed by atoms with Crippen molar-refractivity contribution in [1.82, 2.24) is 10.2 Å². The standard InChI is InChI=1S/C26H27N3O3/c1-2-18-3-9-23(10-4-18)28-25(31)22-15-21(16-24(30)17-22)19-5-7-20(8-6-19)26(32)29-13-11-27-12-14-29/h3-10,15-17,27,30H,2,11-14H2,1H3,(H,28,31). The smallest absolute Gasteiger partial charge is 0.255 e. The first-order chi connectivity index (χ1) is 15.5. The van der Waals surface area contributed by atoms with Gasteiger partial charge in [0.1, 0.15) is 5.75 Å². The van der Waals surface area contributed by atoms with Gasteiger partial charge in [0.05, 0.1) is 0 Å². The Labute approximate surface area is 187 Å². The van der Waals surface area contributed by atoms with E-state index in [1.165, 1.54) is 11.6 Å². The van der Waals surface area contributed by atoms with Gasteiger partial charge in [-0.15, -0.1) is 0 Å². The number of amides is 2. The molecule has 32 heavy (non-hydrogen) atoms. The number of phenolic OH excluding ortho intramolecular Hbond substituents is 1. The lowest BCUT2D eigenvalue weighted by Gasteiger charge is -2.27. The number of carbonyl (C=O) groups is 2. The molecule has 3 N–H and O–H groups in total. The van der Waals surface area contributed by atoms with Gasteiger partial charge in [0.15, 0.2) is 0 Å². The van der Waals surface area contributed by atoms with Crippen molar-refractivity contribution in [3.63, 3.8) is 0 Å². The minimum atomic E-state index is -0.295. The van der Waals surface area contributed by atoms with Crippen LogP contribution in [0.2, 0.25) is 0 Å². The number of piperazine rings is 1. The van der Waals surface area contributed by atoms with E-state index in [1.807, 2.05) is 41.3 Å². The first-order valence-electron chi connectivity index (χ1n) is 10.9. The molecule has 2 amide bonds. The molecule has 0 atom stereocenters. The van der Waals surface area contributed by atoms with Crippen molar-refractivity contribution in [1.29, 1.82) is 0 Å². The lowest BCUT2D eigenvalue weighted by Crippen LogP contribution is -2.46. The Balaban J connectivity index is 1.51. The number of benzene rings is 3. The maximum Gasteiger partial charge on any atom is 0.255 e. The molecular formula is C26H27N3O3. The molecule has 6 heteroatoms. The van der Waals surface area contributed by atoms with E-state index < -0.39 is 0 Å². The molecule has 0 saturated carbocycles. The zero-order valence-electron chi connectivity index (χ0n) is 18.1. The quantitative estimate of drug-likeness (QED) is 0.574. The third-order valence-electron chi connectivity index (χ3n) is 5.67. The van der Waals surface area contributed by atoms with Crippen LogP contribution in [0.1, 0.15) is 33.2 Å². The molecule has 1 aliphatic heterocycles. The van der Waals surface area contributed by atoms with Crippen LogP contribution in [0.3, 0.4) is 0 Å². The third kappa shape index (κ3) is 4.98. The highest BCUT2D eigenvalue weighted by Gasteiger charge is 2.18. The van der Waals surface area contributed by atoms with Crippen molar-refractivity contribution in [2.45, 2.75) is 13.3 Å². The minimum Gasteiger partial charge on any atom is -0.508 e. The van der Waals surface area contributed by atoms with Crippen LogP contribution in [0.5, 0.6) is 5.75 Å². The molecule has 1 aliphatic rings. The average molecular weight is 430 g/mol. The van der Waals surface area contributed by atoms with E-state index in [4.69, 9.17) is 0 Å². The number of rotatable bonds is 5. The van der Waals surface area contributed by atoms with Gasteiger partial charge in [-0.2, -0.15) is 0 Å². The number of carbonyl (C=O) groups excluding carboxylic acids is 2. The third-order valence-corrected chi connectivity index (χ3v) is 5.67. The molecule has 3 aromatic rings. The van der Waals surface area contributed by atoms with Crippen molar-refractivity contribution >= 4 is 17.5 Å². The fraction of sp³-hybridized carbons (Fsp3) is 0.231. The number of nitrogens with zero attached hydrogens (tertiary/aromatic N) is 1. The van der Waals surface area contributed by atoms with E-state index in [-0.39, 0.29) is 17.6 Å². The summed E-state index contributed by atoms with van der Waals surface area (Å²) in [7, 11) is 0. The molecule has 3 aromatic carbocycles. The van der Waals surface area contributed by atoms with E-state index in [9.17, 15) is 14.7 Å². The second-order valence-corrected chi connectivity index (χ2v) is 7.89. The first-order valence-corrected chi connectivity index (χ1v) is 10.9. The van der Waals surface area contributed by atoms with Crippen LogP contribution in [-0.4, -0.2) is 48.0 Å². The van der Waals surface area contributed by atoms with Gasteiger partial charge in [0, 0.05) is 43.0 Å². The van der Waals surface area contributed by atoms with E-state index in [0.29, 0.717) is 35.5 Å². The molecule has 0 unspecified atom stereocenters. The number of hydrogen-bond acceptors (Lipinski definition) is 4. The molecule has 1 saturated heterocycles. The number of phenols is 1. The monoisotopic (exact) mass is 429 g/mol. The second-order valence-electron chi connectivity index (χ2n) is 7.89. The summed E-state index contributed by atoms with van der Waals surface area (Å²) in [5, 5.41) is 16.3. The van der Waals surface area contributed by atoms with Gasteiger partial charge < -0.3 is 20.6 Å². The number of aromatic hydroxyl groups is 1. The largest absolute Gasteiger partial charge is 0.508 e. The van der Waals surface area contributed by atoms with Crippen LogP contribution in [-0.2, 0) is 6.42 Å². The molecule has 0 bridgehead atoms. The molecule has 0 spiro atoms. The van der Waals surface area contributed by atoms with Gasteiger partial charge in [-0.3, -0.25) is 9.59 Å². The van der Waals surface area contributed by atoms with Crippen LogP contribution in [0.4, 0.5) is 5.69 Å². The van der Waals surface area contributed by atoms with Crippen LogP contribution in [0, 0.1) is 0 Å². The van der Waals surface area contributed by atoms with Gasteiger partial charge in [-0.25, -0.2) is 0 Å². The summed E-state index contributed by atoms with van der Waals surface area (Å²) in [5.74, 6) is -0.269. The maximum atomic E-state index is 12.7. The van der Waals surface area contributed by atoms with Crippen molar-refractivity contribution in [3.05, 3.63) is 83.4 Å². The van der Waals surface area contributed by atoms with Crippen molar-refractivity contribution in [2.24, 2.45) is 0 Å². The number of nitrogens with one attached hydrogen (secondary N) is 2. The zero-order chi connectivity index (χ0) is 22.5. The second kappa shape index (κ2) is 9.66. The molecule has 0 radical (unpaired) electrons. The number of hydrogen-bond donors (Lipinski definition) is 3. The Kier molecular flexibility index (Phi) is 6.52. The lowest BCUT2D eigenvalue weighted by molar-refractivity contribution is 0.0735. The van der Waals surface area contributed by atoms with Crippen LogP contribution >= 0.6 is 0 Å². The topological polar surface area (TPSA) is 81.7 Å². The SMILES string of the molecule is CCc1ccc(NC(=O)c2cc(O)cc(-c3ccc(C(=O)N4CCNCC4)cc3)c2)cc1. The Morgan fingerprint density at radius 3 is 2.25 bits per heavy atom. The van der Waals surface area contributed by atoms with Gasteiger partial charge >= 0.3 is 0 Å². The summed E-state index contributed by atoms with van der Waals surface area (Å²) in [6.45, 7) is 5.09. The van der Waals surface area contributed by atoms with E-state index >= 15 is 0 Å². The van der Waals surface area contributed by atoms with E-state index in [0.717, 1.165) is 25.1 Å². The highest BCUT2D eigenvalue weighted by molar-refractivity contribution is 6.05. The fourth-order valence-corrected chi connectivity index (χ4v) is 3.79. The molecule has 1 heterocycles. The van der Waals surface area contributed by atoms with Crippen LogP contribution in [0.25, 0.3) is 11.1 Å². The highest BCUT2D eigenvalue weighted by atomic mass is 16.3. The predicted octanol–water partition coefficient (Wildman–Crippen LogP) is 3.92. The Morgan fingerprint density at radius 2 is 1.59 bits per heavy atom. The van der Waals surface area contributed by atoms with Gasteiger partial charge in [-0.1, -0.05) is 31.2 Å². The van der Waals surface area contributed by atoms with E-state index in [2.05, 4.69) is 17.6 Å². The normalized spacial score (nSPS) is 13.6. The summed E-state index contributed by atoms with van der Waals surface area (Å²) in [6.07, 6.45) is 0.934. The lowest BCUT2D eigenvalue weighted by atomic mass is 10.0. The Hall–Kier alpha value is -3.64. The number of aryl methyl sites for hydroxylation is 1. The Bertz CT molecular complexity index is 1100. The van der Waals surface area contributed by atoms with Crippen molar-refractivity contribution in [2.75, 3.05) is 31.5 Å². The summed E-state index contributed by atoms with van der Waals surface area (Å²) in [6, 6.07) is 19.8. The van der Waals surface area contributed by atoms with Gasteiger partial charge in [0.25, 0.3) is 11.8 Å². The average Bonchev–Trinajstić information content (AvgIpc) is 2.84. The maximum absolute atomic E-state index is 12.7. The molecule has 6 nitrogen and oxygen atoms in total. The summed E-state index contributed by atoms with van der Waals surface area (Å²) < 4.78 is 0. The number of anilines is 1. The van der Waals surface area contributed by atoms with Gasteiger partial charge in [-0.05, 0) is 65.6 Å². The summed E-state index contributed by atoms with van der Waals surface area (Å²) >= 11 is 0. The van der Waals surface area contributed by atoms with Gasteiger partial charge in [0.2, 0.25) is 0 Å². The summed E-state index contributed by atoms with van der Waals surface area (Å²) in [5.41, 5.74) is 4.41.